The van der Waals surface area contributed by atoms with E-state index in [9.17, 15) is 17.6 Å². The predicted molar refractivity (Wildman–Crippen MR) is 121 cm³/mol. The highest BCUT2D eigenvalue weighted by Crippen LogP contribution is 2.40. The van der Waals surface area contributed by atoms with E-state index in [1.807, 2.05) is 0 Å². The molecule has 2 aromatic rings. The van der Waals surface area contributed by atoms with E-state index in [-0.39, 0.29) is 22.8 Å². The molecule has 1 fully saturated rings. The molecule has 0 saturated heterocycles. The van der Waals surface area contributed by atoms with E-state index in [0.717, 1.165) is 51.4 Å². The largest absolute Gasteiger partial charge is 0.462 e. The van der Waals surface area contributed by atoms with Crippen molar-refractivity contribution in [2.45, 2.75) is 77.6 Å². The first-order chi connectivity index (χ1) is 15.5. The fourth-order valence-corrected chi connectivity index (χ4v) is 4.60. The lowest BCUT2D eigenvalue weighted by Gasteiger charge is -2.29. The molecule has 0 heterocycles. The van der Waals surface area contributed by atoms with Gasteiger partial charge in [-0.05, 0) is 74.1 Å². The van der Waals surface area contributed by atoms with Gasteiger partial charge in [0.2, 0.25) is 5.82 Å². The van der Waals surface area contributed by atoms with Gasteiger partial charge in [0.05, 0.1) is 6.26 Å². The van der Waals surface area contributed by atoms with Crippen molar-refractivity contribution in [2.75, 3.05) is 0 Å². The molecule has 0 aromatic heterocycles. The van der Waals surface area contributed by atoms with Crippen molar-refractivity contribution in [3.8, 4) is 16.9 Å². The van der Waals surface area contributed by atoms with Gasteiger partial charge < -0.3 is 4.74 Å². The molecule has 0 radical (unpaired) electrons. The number of hydrogen-bond acceptors (Lipinski definition) is 1. The first-order valence-corrected chi connectivity index (χ1v) is 11.8. The number of ether oxygens (including phenoxy) is 1. The SMILES string of the molecule is CCCCC=COc1ccc(-c2ccc(C3CCC(CCC)CC3)c(F)c2F)c(F)c1F. The maximum atomic E-state index is 14.9. The van der Waals surface area contributed by atoms with E-state index in [2.05, 4.69) is 13.8 Å². The van der Waals surface area contributed by atoms with Gasteiger partial charge >= 0.3 is 0 Å². The second-order valence-corrected chi connectivity index (χ2v) is 8.71. The summed E-state index contributed by atoms with van der Waals surface area (Å²) >= 11 is 0. The van der Waals surface area contributed by atoms with E-state index in [0.29, 0.717) is 11.5 Å². The average molecular weight is 449 g/mol. The summed E-state index contributed by atoms with van der Waals surface area (Å²) in [6.07, 6.45) is 11.8. The van der Waals surface area contributed by atoms with Gasteiger partial charge in [0.15, 0.2) is 23.2 Å². The normalized spacial score (nSPS) is 18.9. The van der Waals surface area contributed by atoms with Gasteiger partial charge in [-0.1, -0.05) is 45.2 Å². The molecule has 2 aromatic carbocycles. The molecular weight excluding hydrogens is 416 g/mol. The smallest absolute Gasteiger partial charge is 0.201 e. The predicted octanol–water partition coefficient (Wildman–Crippen LogP) is 9.07. The molecule has 0 unspecified atom stereocenters. The molecule has 0 N–H and O–H groups in total. The van der Waals surface area contributed by atoms with Crippen molar-refractivity contribution in [1.29, 1.82) is 0 Å². The van der Waals surface area contributed by atoms with Crippen LogP contribution in [0.2, 0.25) is 0 Å². The first-order valence-electron chi connectivity index (χ1n) is 11.8. The number of hydrogen-bond donors (Lipinski definition) is 0. The third-order valence-corrected chi connectivity index (χ3v) is 6.45. The zero-order valence-corrected chi connectivity index (χ0v) is 18.9. The quantitative estimate of drug-likeness (QED) is 0.211. The Bertz CT molecular complexity index is 930. The third kappa shape index (κ3) is 5.54. The molecule has 1 nitrogen and oxygen atoms in total. The molecule has 1 aliphatic carbocycles. The molecule has 1 saturated carbocycles. The van der Waals surface area contributed by atoms with Gasteiger partial charge in [0.1, 0.15) is 0 Å². The monoisotopic (exact) mass is 448 g/mol. The van der Waals surface area contributed by atoms with Crippen LogP contribution in [-0.2, 0) is 0 Å². The van der Waals surface area contributed by atoms with Crippen LogP contribution in [0.3, 0.4) is 0 Å². The van der Waals surface area contributed by atoms with E-state index in [1.165, 1.54) is 36.9 Å². The van der Waals surface area contributed by atoms with E-state index < -0.39 is 23.3 Å². The summed E-state index contributed by atoms with van der Waals surface area (Å²) in [7, 11) is 0. The van der Waals surface area contributed by atoms with Crippen molar-refractivity contribution in [1.82, 2.24) is 0 Å². The van der Waals surface area contributed by atoms with Gasteiger partial charge in [0.25, 0.3) is 0 Å². The molecule has 174 valence electrons. The minimum absolute atomic E-state index is 0.0384. The van der Waals surface area contributed by atoms with Gasteiger partial charge in [0, 0.05) is 11.1 Å². The van der Waals surface area contributed by atoms with Crippen LogP contribution in [0.5, 0.6) is 5.75 Å². The average Bonchev–Trinajstić information content (AvgIpc) is 2.80. The highest BCUT2D eigenvalue weighted by atomic mass is 19.2. The van der Waals surface area contributed by atoms with Crippen LogP contribution in [0.1, 0.15) is 83.1 Å². The van der Waals surface area contributed by atoms with Crippen LogP contribution >= 0.6 is 0 Å². The Hall–Kier alpha value is -2.30. The summed E-state index contributed by atoms with van der Waals surface area (Å²) in [6.45, 7) is 4.21. The second kappa shape index (κ2) is 11.5. The fourth-order valence-electron chi connectivity index (χ4n) is 4.60. The molecule has 0 atom stereocenters. The summed E-state index contributed by atoms with van der Waals surface area (Å²) in [4.78, 5) is 0. The van der Waals surface area contributed by atoms with E-state index in [4.69, 9.17) is 4.74 Å². The number of unbranched alkanes of at least 4 members (excludes halogenated alkanes) is 2. The lowest BCUT2D eigenvalue weighted by atomic mass is 9.77. The Balaban J connectivity index is 1.79. The van der Waals surface area contributed by atoms with Crippen molar-refractivity contribution in [3.05, 3.63) is 65.4 Å². The zero-order chi connectivity index (χ0) is 23.1. The number of allylic oxidation sites excluding steroid dienone is 1. The van der Waals surface area contributed by atoms with Crippen LogP contribution in [-0.4, -0.2) is 0 Å². The zero-order valence-electron chi connectivity index (χ0n) is 18.9. The van der Waals surface area contributed by atoms with Crippen molar-refractivity contribution < 1.29 is 22.3 Å². The maximum Gasteiger partial charge on any atom is 0.201 e. The molecular formula is C27H32F4O. The molecule has 3 rings (SSSR count). The van der Waals surface area contributed by atoms with Gasteiger partial charge in [-0.25, -0.2) is 13.2 Å². The molecule has 0 bridgehead atoms. The highest BCUT2D eigenvalue weighted by Gasteiger charge is 2.27. The van der Waals surface area contributed by atoms with Crippen LogP contribution < -0.4 is 4.74 Å². The minimum Gasteiger partial charge on any atom is -0.462 e. The van der Waals surface area contributed by atoms with E-state index >= 15 is 0 Å². The topological polar surface area (TPSA) is 9.23 Å². The third-order valence-electron chi connectivity index (χ3n) is 6.45. The van der Waals surface area contributed by atoms with Crippen molar-refractivity contribution in [2.24, 2.45) is 5.92 Å². The molecule has 0 amide bonds. The fraction of sp³-hybridized carbons (Fsp3) is 0.481. The summed E-state index contributed by atoms with van der Waals surface area (Å²) in [5, 5.41) is 0. The molecule has 1 aliphatic rings. The maximum absolute atomic E-state index is 14.9. The summed E-state index contributed by atoms with van der Waals surface area (Å²) in [6, 6.07) is 5.34. The Labute approximate surface area is 188 Å². The molecule has 32 heavy (non-hydrogen) atoms. The molecule has 5 heteroatoms. The second-order valence-electron chi connectivity index (χ2n) is 8.71. The number of rotatable bonds is 9. The van der Waals surface area contributed by atoms with E-state index in [1.54, 1.807) is 6.08 Å². The van der Waals surface area contributed by atoms with Crippen LogP contribution in [0, 0.1) is 29.2 Å². The van der Waals surface area contributed by atoms with Gasteiger partial charge in [-0.3, -0.25) is 0 Å². The standard InChI is InChI=1S/C27H32F4O/c1-3-5-6-7-17-32-23-16-15-22(26(30)27(23)31)21-14-13-20(24(28)25(21)29)19-11-9-18(8-4-2)10-12-19/h7,13-19H,3-6,8-12H2,1-2H3. The number of halogens is 4. The Kier molecular flexibility index (Phi) is 8.77. The first kappa shape index (κ1) is 24.3. The minimum atomic E-state index is -1.25. The van der Waals surface area contributed by atoms with Crippen molar-refractivity contribution in [3.63, 3.8) is 0 Å². The number of benzene rings is 2. The summed E-state index contributed by atoms with van der Waals surface area (Å²) < 4.78 is 64.2. The Morgan fingerprint density at radius 3 is 2.12 bits per heavy atom. The molecule has 0 spiro atoms. The van der Waals surface area contributed by atoms with Crippen LogP contribution in [0.4, 0.5) is 17.6 Å². The Morgan fingerprint density at radius 1 is 0.812 bits per heavy atom. The highest BCUT2D eigenvalue weighted by molar-refractivity contribution is 5.66. The van der Waals surface area contributed by atoms with Crippen LogP contribution in [0.15, 0.2) is 36.6 Å². The van der Waals surface area contributed by atoms with Crippen LogP contribution in [0.25, 0.3) is 11.1 Å². The van der Waals surface area contributed by atoms with Crippen molar-refractivity contribution >= 4 is 0 Å². The van der Waals surface area contributed by atoms with Gasteiger partial charge in [-0.15, -0.1) is 0 Å². The Morgan fingerprint density at radius 2 is 1.47 bits per heavy atom. The lowest BCUT2D eigenvalue weighted by molar-refractivity contribution is 0.303. The summed E-state index contributed by atoms with van der Waals surface area (Å²) in [5.41, 5.74) is -0.272. The van der Waals surface area contributed by atoms with Gasteiger partial charge in [-0.2, -0.15) is 4.39 Å². The lowest BCUT2D eigenvalue weighted by Crippen LogP contribution is -2.15. The summed E-state index contributed by atoms with van der Waals surface area (Å²) in [5.74, 6) is -4.24. The molecule has 0 aliphatic heterocycles.